The van der Waals surface area contributed by atoms with Gasteiger partial charge in [0.2, 0.25) is 5.91 Å². The molecule has 132 valence electrons. The van der Waals surface area contributed by atoms with E-state index in [-0.39, 0.29) is 23.4 Å². The van der Waals surface area contributed by atoms with Gasteiger partial charge in [0.05, 0.1) is 11.7 Å². The lowest BCUT2D eigenvalue weighted by Gasteiger charge is -2.16. The van der Waals surface area contributed by atoms with E-state index in [1.165, 1.54) is 23.9 Å². The maximum absolute atomic E-state index is 13.1. The number of thioether (sulfide) groups is 1. The zero-order valence-electron chi connectivity index (χ0n) is 13.9. The molecule has 6 heteroatoms. The summed E-state index contributed by atoms with van der Waals surface area (Å²) in [6.45, 7) is 1.91. The second-order valence-corrected chi connectivity index (χ2v) is 6.57. The number of hydrogen-bond acceptors (Lipinski definition) is 3. The van der Waals surface area contributed by atoms with E-state index < -0.39 is 5.97 Å². The maximum Gasteiger partial charge on any atom is 0.313 e. The summed E-state index contributed by atoms with van der Waals surface area (Å²) in [4.78, 5) is 23.1. The molecule has 0 fully saturated rings. The van der Waals surface area contributed by atoms with Crippen molar-refractivity contribution in [2.45, 2.75) is 25.0 Å². The lowest BCUT2D eigenvalue weighted by Crippen LogP contribution is -2.20. The van der Waals surface area contributed by atoms with Crippen molar-refractivity contribution < 1.29 is 19.1 Å². The highest BCUT2D eigenvalue weighted by molar-refractivity contribution is 7.99. The van der Waals surface area contributed by atoms with E-state index in [2.05, 4.69) is 5.32 Å². The molecule has 0 aromatic heterocycles. The number of nitrogens with one attached hydrogen (secondary N) is 1. The summed E-state index contributed by atoms with van der Waals surface area (Å²) in [6.07, 6.45) is 0.603. The van der Waals surface area contributed by atoms with Gasteiger partial charge in [0.25, 0.3) is 0 Å². The molecule has 4 nitrogen and oxygen atoms in total. The van der Waals surface area contributed by atoms with E-state index in [4.69, 9.17) is 5.11 Å². The molecule has 2 rings (SSSR count). The van der Waals surface area contributed by atoms with E-state index in [1.807, 2.05) is 25.1 Å². The Kier molecular flexibility index (Phi) is 7.01. The van der Waals surface area contributed by atoms with Crippen LogP contribution in [0.25, 0.3) is 0 Å². The second-order valence-electron chi connectivity index (χ2n) is 5.59. The number of amides is 1. The van der Waals surface area contributed by atoms with Gasteiger partial charge in [0, 0.05) is 11.4 Å². The Morgan fingerprint density at radius 2 is 1.92 bits per heavy atom. The summed E-state index contributed by atoms with van der Waals surface area (Å²) in [5.41, 5.74) is 2.38. The maximum atomic E-state index is 13.1. The molecule has 1 unspecified atom stereocenters. The molecule has 2 N–H and O–H groups in total. The SMILES string of the molecule is CCC(C(=O)Nc1cccc(CSCC(=O)O)c1)c1ccc(F)cc1. The predicted octanol–water partition coefficient (Wildman–Crippen LogP) is 4.28. The number of rotatable bonds is 8. The number of carbonyl (C=O) groups excluding carboxylic acids is 1. The van der Waals surface area contributed by atoms with Crippen LogP contribution in [-0.4, -0.2) is 22.7 Å². The Labute approximate surface area is 150 Å². The molecule has 25 heavy (non-hydrogen) atoms. The molecular weight excluding hydrogens is 341 g/mol. The first-order chi connectivity index (χ1) is 12.0. The van der Waals surface area contributed by atoms with Crippen molar-refractivity contribution in [3.63, 3.8) is 0 Å². The van der Waals surface area contributed by atoms with Crippen LogP contribution < -0.4 is 5.32 Å². The summed E-state index contributed by atoms with van der Waals surface area (Å²) in [5, 5.41) is 11.6. The summed E-state index contributed by atoms with van der Waals surface area (Å²) >= 11 is 1.30. The quantitative estimate of drug-likeness (QED) is 0.737. The van der Waals surface area contributed by atoms with Gasteiger partial charge in [-0.1, -0.05) is 31.2 Å². The zero-order valence-corrected chi connectivity index (χ0v) is 14.7. The molecular formula is C19H20FNO3S. The topological polar surface area (TPSA) is 66.4 Å². The van der Waals surface area contributed by atoms with Crippen LogP contribution in [0.3, 0.4) is 0 Å². The van der Waals surface area contributed by atoms with Gasteiger partial charge in [-0.25, -0.2) is 4.39 Å². The fourth-order valence-electron chi connectivity index (χ4n) is 2.49. The number of anilines is 1. The third-order valence-corrected chi connectivity index (χ3v) is 4.67. The van der Waals surface area contributed by atoms with Crippen molar-refractivity contribution in [2.24, 2.45) is 0 Å². The van der Waals surface area contributed by atoms with Gasteiger partial charge in [-0.2, -0.15) is 0 Å². The predicted molar refractivity (Wildman–Crippen MR) is 98.3 cm³/mol. The van der Waals surface area contributed by atoms with Crippen molar-refractivity contribution in [2.75, 3.05) is 11.1 Å². The fourth-order valence-corrected chi connectivity index (χ4v) is 3.18. The van der Waals surface area contributed by atoms with E-state index in [0.29, 0.717) is 17.9 Å². The second kappa shape index (κ2) is 9.22. The van der Waals surface area contributed by atoms with Gasteiger partial charge in [-0.3, -0.25) is 9.59 Å². The molecule has 2 aromatic carbocycles. The minimum Gasteiger partial charge on any atom is -0.481 e. The molecule has 1 amide bonds. The molecule has 0 saturated carbocycles. The highest BCUT2D eigenvalue weighted by atomic mass is 32.2. The van der Waals surface area contributed by atoms with Crippen LogP contribution in [0.4, 0.5) is 10.1 Å². The molecule has 0 aliphatic heterocycles. The molecule has 0 aliphatic carbocycles. The third-order valence-electron chi connectivity index (χ3n) is 3.69. The van der Waals surface area contributed by atoms with Crippen LogP contribution in [0, 0.1) is 5.82 Å². The van der Waals surface area contributed by atoms with E-state index in [0.717, 1.165) is 11.1 Å². The Bertz CT molecular complexity index is 734. The van der Waals surface area contributed by atoms with Crippen LogP contribution in [0.15, 0.2) is 48.5 Å². The molecule has 0 radical (unpaired) electrons. The number of carboxylic acid groups (broad SMARTS) is 1. The number of hydrogen-bond donors (Lipinski definition) is 2. The molecule has 2 aromatic rings. The van der Waals surface area contributed by atoms with Crippen LogP contribution in [-0.2, 0) is 15.3 Å². The first-order valence-corrected chi connectivity index (χ1v) is 9.10. The smallest absolute Gasteiger partial charge is 0.313 e. The zero-order chi connectivity index (χ0) is 18.2. The van der Waals surface area contributed by atoms with Gasteiger partial charge in [-0.15, -0.1) is 11.8 Å². The van der Waals surface area contributed by atoms with Gasteiger partial charge >= 0.3 is 5.97 Å². The van der Waals surface area contributed by atoms with Gasteiger partial charge in [0.1, 0.15) is 5.82 Å². The van der Waals surface area contributed by atoms with Crippen LogP contribution >= 0.6 is 11.8 Å². The van der Waals surface area contributed by atoms with Crippen molar-refractivity contribution in [3.8, 4) is 0 Å². The number of benzene rings is 2. The minimum absolute atomic E-state index is 0.0407. The monoisotopic (exact) mass is 361 g/mol. The Morgan fingerprint density at radius 3 is 2.56 bits per heavy atom. The van der Waals surface area contributed by atoms with Crippen molar-refractivity contribution >= 4 is 29.3 Å². The third kappa shape index (κ3) is 5.90. The van der Waals surface area contributed by atoms with E-state index >= 15 is 0 Å². The normalized spacial score (nSPS) is 11.8. The summed E-state index contributed by atoms with van der Waals surface area (Å²) in [5.74, 6) is -1.08. The average Bonchev–Trinajstić information content (AvgIpc) is 2.57. The number of halogens is 1. The molecule has 0 aliphatic rings. The van der Waals surface area contributed by atoms with E-state index in [9.17, 15) is 14.0 Å². The van der Waals surface area contributed by atoms with Gasteiger partial charge in [0.15, 0.2) is 0 Å². The lowest BCUT2D eigenvalue weighted by atomic mass is 9.95. The molecule has 1 atom stereocenters. The van der Waals surface area contributed by atoms with Crippen molar-refractivity contribution in [1.82, 2.24) is 0 Å². The van der Waals surface area contributed by atoms with Gasteiger partial charge in [-0.05, 0) is 41.8 Å². The highest BCUT2D eigenvalue weighted by Gasteiger charge is 2.19. The number of carbonyl (C=O) groups is 2. The summed E-state index contributed by atoms with van der Waals surface area (Å²) in [6, 6.07) is 13.3. The Hall–Kier alpha value is -2.34. The molecule has 0 saturated heterocycles. The lowest BCUT2D eigenvalue weighted by molar-refractivity contribution is -0.133. The highest BCUT2D eigenvalue weighted by Crippen LogP contribution is 2.23. The largest absolute Gasteiger partial charge is 0.481 e. The van der Waals surface area contributed by atoms with Gasteiger partial charge < -0.3 is 10.4 Å². The first-order valence-electron chi connectivity index (χ1n) is 7.94. The number of carboxylic acids is 1. The Morgan fingerprint density at radius 1 is 1.20 bits per heavy atom. The molecule has 0 heterocycles. The van der Waals surface area contributed by atoms with Crippen molar-refractivity contribution in [1.29, 1.82) is 0 Å². The molecule has 0 bridgehead atoms. The summed E-state index contributed by atoms with van der Waals surface area (Å²) < 4.78 is 13.1. The van der Waals surface area contributed by atoms with Crippen LogP contribution in [0.5, 0.6) is 0 Å². The molecule has 0 spiro atoms. The number of aliphatic carboxylic acids is 1. The average molecular weight is 361 g/mol. The van der Waals surface area contributed by atoms with E-state index in [1.54, 1.807) is 18.2 Å². The minimum atomic E-state index is -0.848. The standard InChI is InChI=1S/C19H20FNO3S/c1-2-17(14-6-8-15(20)9-7-14)19(24)21-16-5-3-4-13(10-16)11-25-12-18(22)23/h3-10,17H,2,11-12H2,1H3,(H,21,24)(H,22,23). The Balaban J connectivity index is 2.03. The van der Waals surface area contributed by atoms with Crippen LogP contribution in [0.1, 0.15) is 30.4 Å². The van der Waals surface area contributed by atoms with Crippen LogP contribution in [0.2, 0.25) is 0 Å². The first kappa shape index (κ1) is 19.0. The summed E-state index contributed by atoms with van der Waals surface area (Å²) in [7, 11) is 0. The van der Waals surface area contributed by atoms with Crippen molar-refractivity contribution in [3.05, 3.63) is 65.5 Å². The fraction of sp³-hybridized carbons (Fsp3) is 0.263.